The van der Waals surface area contributed by atoms with Gasteiger partial charge in [0.25, 0.3) is 0 Å². The summed E-state index contributed by atoms with van der Waals surface area (Å²) in [6, 6.07) is 0. The topological polar surface area (TPSA) is 9.23 Å². The summed E-state index contributed by atoms with van der Waals surface area (Å²) in [5.41, 5.74) is 0. The Balaban J connectivity index is 5.09. The molecule has 0 fully saturated rings. The molecule has 0 aromatic rings. The molecule has 0 saturated heterocycles. The standard InChI is InChI=1S/C15H32GeO/c1-6-11-15(17-10-5)16(12-7-2,13-8-3)14-9-4/h11H,6-10,12-14H2,1-5H3. The van der Waals surface area contributed by atoms with Crippen LogP contribution in [0.2, 0.25) is 15.8 Å². The van der Waals surface area contributed by atoms with E-state index in [4.69, 9.17) is 4.74 Å². The van der Waals surface area contributed by atoms with Crippen molar-refractivity contribution in [2.24, 2.45) is 0 Å². The molecule has 0 aromatic heterocycles. The van der Waals surface area contributed by atoms with E-state index >= 15 is 0 Å². The molecule has 0 rings (SSSR count). The monoisotopic (exact) mass is 302 g/mol. The third-order valence-corrected chi connectivity index (χ3v) is 15.5. The average Bonchev–Trinajstić information content (AvgIpc) is 2.29. The number of hydrogen-bond acceptors (Lipinski definition) is 1. The number of ether oxygens (including phenoxy) is 1. The zero-order chi connectivity index (χ0) is 13.1. The van der Waals surface area contributed by atoms with Crippen LogP contribution in [-0.2, 0) is 4.74 Å². The van der Waals surface area contributed by atoms with Gasteiger partial charge in [-0.3, -0.25) is 0 Å². The summed E-state index contributed by atoms with van der Waals surface area (Å²) in [5, 5.41) is 4.36. The van der Waals surface area contributed by atoms with Gasteiger partial charge in [0.2, 0.25) is 0 Å². The molecule has 0 spiro atoms. The molecule has 0 atom stereocenters. The first-order valence-electron chi connectivity index (χ1n) is 7.54. The molecule has 0 unspecified atom stereocenters. The van der Waals surface area contributed by atoms with Gasteiger partial charge >= 0.3 is 111 Å². The van der Waals surface area contributed by atoms with Crippen LogP contribution >= 0.6 is 0 Å². The SMILES string of the molecule is CCC=[C](OCC)[Ge]([CH2]CC)([CH2]CC)[CH2]CC. The summed E-state index contributed by atoms with van der Waals surface area (Å²) in [6.07, 6.45) is 7.50. The normalized spacial score (nSPS) is 12.9. The van der Waals surface area contributed by atoms with Crippen LogP contribution in [0.3, 0.4) is 0 Å². The molecule has 0 aliphatic carbocycles. The van der Waals surface area contributed by atoms with E-state index < -0.39 is 13.3 Å². The van der Waals surface area contributed by atoms with Crippen molar-refractivity contribution in [1.29, 1.82) is 0 Å². The molecule has 1 nitrogen and oxygen atoms in total. The molecule has 17 heavy (non-hydrogen) atoms. The van der Waals surface area contributed by atoms with E-state index in [1.807, 2.05) is 0 Å². The average molecular weight is 301 g/mol. The molecule has 0 bridgehead atoms. The molecular formula is C15H32GeO. The predicted octanol–water partition coefficient (Wildman–Crippen LogP) is 5.53. The third kappa shape index (κ3) is 5.50. The summed E-state index contributed by atoms with van der Waals surface area (Å²) >= 11 is -1.90. The Morgan fingerprint density at radius 3 is 1.65 bits per heavy atom. The first kappa shape index (κ1) is 17.1. The van der Waals surface area contributed by atoms with E-state index in [-0.39, 0.29) is 0 Å². The zero-order valence-electron chi connectivity index (χ0n) is 12.6. The van der Waals surface area contributed by atoms with Gasteiger partial charge in [0, 0.05) is 0 Å². The molecule has 0 aliphatic rings. The van der Waals surface area contributed by atoms with Crippen molar-refractivity contribution >= 4 is 13.3 Å². The van der Waals surface area contributed by atoms with Gasteiger partial charge in [-0.15, -0.1) is 0 Å². The molecule has 0 aromatic carbocycles. The van der Waals surface area contributed by atoms with Crippen LogP contribution in [0.15, 0.2) is 10.7 Å². The van der Waals surface area contributed by atoms with Gasteiger partial charge in [0.05, 0.1) is 0 Å². The van der Waals surface area contributed by atoms with Crippen molar-refractivity contribution in [2.45, 2.75) is 76.1 Å². The molecule has 0 saturated carbocycles. The Bertz CT molecular complexity index is 194. The van der Waals surface area contributed by atoms with Crippen LogP contribution < -0.4 is 0 Å². The summed E-state index contributed by atoms with van der Waals surface area (Å²) in [4.78, 5) is 0. The van der Waals surface area contributed by atoms with Crippen LogP contribution in [0.5, 0.6) is 0 Å². The Morgan fingerprint density at radius 1 is 0.882 bits per heavy atom. The summed E-state index contributed by atoms with van der Waals surface area (Å²) in [5.74, 6) is 0. The summed E-state index contributed by atoms with van der Waals surface area (Å²) in [6.45, 7) is 12.2. The van der Waals surface area contributed by atoms with Crippen LogP contribution in [0.4, 0.5) is 0 Å². The van der Waals surface area contributed by atoms with Crippen LogP contribution in [-0.4, -0.2) is 19.9 Å². The molecule has 0 heterocycles. The van der Waals surface area contributed by atoms with Gasteiger partial charge in [-0.2, -0.15) is 0 Å². The number of rotatable bonds is 10. The van der Waals surface area contributed by atoms with Gasteiger partial charge in [0.15, 0.2) is 0 Å². The van der Waals surface area contributed by atoms with Gasteiger partial charge in [0.1, 0.15) is 0 Å². The second-order valence-electron chi connectivity index (χ2n) is 4.94. The van der Waals surface area contributed by atoms with E-state index in [1.54, 1.807) is 0 Å². The Hall–Kier alpha value is 0.0829. The Morgan fingerprint density at radius 2 is 1.35 bits per heavy atom. The van der Waals surface area contributed by atoms with E-state index in [1.165, 1.54) is 39.6 Å². The molecule has 0 radical (unpaired) electrons. The fourth-order valence-electron chi connectivity index (χ4n) is 2.95. The molecule has 102 valence electrons. The second-order valence-corrected chi connectivity index (χ2v) is 14.5. The van der Waals surface area contributed by atoms with Crippen molar-refractivity contribution in [3.8, 4) is 0 Å². The van der Waals surface area contributed by atoms with Gasteiger partial charge in [-0.1, -0.05) is 0 Å². The third-order valence-electron chi connectivity index (χ3n) is 3.40. The maximum absolute atomic E-state index is 6.05. The second kappa shape index (κ2) is 10.0. The molecule has 2 heteroatoms. The van der Waals surface area contributed by atoms with Crippen LogP contribution in [0, 0.1) is 0 Å². The van der Waals surface area contributed by atoms with Crippen molar-refractivity contribution in [3.63, 3.8) is 0 Å². The minimum absolute atomic E-state index is 0.843. The first-order chi connectivity index (χ1) is 8.20. The molecule has 0 aliphatic heterocycles. The van der Waals surface area contributed by atoms with Crippen LogP contribution in [0.25, 0.3) is 0 Å². The predicted molar refractivity (Wildman–Crippen MR) is 81.0 cm³/mol. The Labute approximate surface area is 111 Å². The maximum atomic E-state index is 6.05. The van der Waals surface area contributed by atoms with E-state index in [0.29, 0.717) is 0 Å². The van der Waals surface area contributed by atoms with E-state index in [2.05, 4.69) is 40.7 Å². The first-order valence-corrected chi connectivity index (χ1v) is 13.0. The quantitative estimate of drug-likeness (QED) is 0.380. The Kier molecular flexibility index (Phi) is 10.1. The van der Waals surface area contributed by atoms with Crippen molar-refractivity contribution in [2.75, 3.05) is 6.61 Å². The van der Waals surface area contributed by atoms with E-state index in [0.717, 1.165) is 13.0 Å². The van der Waals surface area contributed by atoms with Gasteiger partial charge < -0.3 is 0 Å². The number of hydrogen-bond donors (Lipinski definition) is 0. The fourth-order valence-corrected chi connectivity index (χ4v) is 14.4. The zero-order valence-corrected chi connectivity index (χ0v) is 14.7. The fraction of sp³-hybridized carbons (Fsp3) is 0.867. The van der Waals surface area contributed by atoms with Crippen molar-refractivity contribution in [1.82, 2.24) is 0 Å². The molecule has 0 amide bonds. The summed E-state index contributed by atoms with van der Waals surface area (Å²) in [7, 11) is 0. The molecule has 0 N–H and O–H groups in total. The van der Waals surface area contributed by atoms with Gasteiger partial charge in [-0.25, -0.2) is 0 Å². The van der Waals surface area contributed by atoms with Crippen molar-refractivity contribution in [3.05, 3.63) is 10.7 Å². The van der Waals surface area contributed by atoms with Gasteiger partial charge in [-0.05, 0) is 0 Å². The van der Waals surface area contributed by atoms with Crippen molar-refractivity contribution < 1.29 is 4.74 Å². The van der Waals surface area contributed by atoms with E-state index in [9.17, 15) is 0 Å². The molecular weight excluding hydrogens is 269 g/mol. The summed E-state index contributed by atoms with van der Waals surface area (Å²) < 4.78 is 7.51. The number of allylic oxidation sites excluding steroid dienone is 1. The van der Waals surface area contributed by atoms with Crippen LogP contribution in [0.1, 0.15) is 60.3 Å². The minimum atomic E-state index is -1.90.